The lowest BCUT2D eigenvalue weighted by atomic mass is 10.3. The van der Waals surface area contributed by atoms with E-state index in [2.05, 4.69) is 10.3 Å². The quantitative estimate of drug-likeness (QED) is 0.840. The third kappa shape index (κ3) is 3.99. The predicted octanol–water partition coefficient (Wildman–Crippen LogP) is 2.91. The molecule has 1 aromatic carbocycles. The molecule has 0 bridgehead atoms. The maximum absolute atomic E-state index is 10.9. The summed E-state index contributed by atoms with van der Waals surface area (Å²) < 4.78 is 0. The number of benzene rings is 1. The molecule has 0 radical (unpaired) electrons. The molecule has 0 aliphatic rings. The van der Waals surface area contributed by atoms with E-state index < -0.39 is 0 Å². The van der Waals surface area contributed by atoms with Crippen LogP contribution in [-0.4, -0.2) is 10.9 Å². The van der Waals surface area contributed by atoms with Crippen molar-refractivity contribution in [2.75, 3.05) is 11.1 Å². The number of carbonyl (C=O) groups is 1. The molecule has 2 rings (SSSR count). The van der Waals surface area contributed by atoms with E-state index >= 15 is 0 Å². The lowest BCUT2D eigenvalue weighted by Gasteiger charge is -2.06. The number of hydrogen-bond donors (Lipinski definition) is 2. The number of hydrogen-bond acceptors (Lipinski definition) is 4. The van der Waals surface area contributed by atoms with Crippen LogP contribution < -0.4 is 11.1 Å². The standard InChI is InChI=1S/C14H15N3OS/c1-10(18)17-12-4-6-13(7-5-12)19-9-11-3-2-8-16-14(11)15/h2-8H,9H2,1H3,(H2,15,16)(H,17,18). The molecule has 0 spiro atoms. The molecule has 0 aliphatic heterocycles. The summed E-state index contributed by atoms with van der Waals surface area (Å²) in [6.07, 6.45) is 1.69. The Bertz CT molecular complexity index is 569. The molecule has 0 atom stereocenters. The number of nitrogen functional groups attached to an aromatic ring is 1. The SMILES string of the molecule is CC(=O)Nc1ccc(SCc2cccnc2N)cc1. The summed E-state index contributed by atoms with van der Waals surface area (Å²) in [6, 6.07) is 11.6. The summed E-state index contributed by atoms with van der Waals surface area (Å²) in [5, 5.41) is 2.74. The van der Waals surface area contributed by atoms with E-state index in [1.54, 1.807) is 18.0 Å². The third-order valence-electron chi connectivity index (χ3n) is 2.50. The van der Waals surface area contributed by atoms with Gasteiger partial charge in [-0.3, -0.25) is 4.79 Å². The van der Waals surface area contributed by atoms with Crippen molar-refractivity contribution >= 4 is 29.2 Å². The van der Waals surface area contributed by atoms with E-state index in [9.17, 15) is 4.79 Å². The average molecular weight is 273 g/mol. The van der Waals surface area contributed by atoms with Crippen molar-refractivity contribution in [2.45, 2.75) is 17.6 Å². The van der Waals surface area contributed by atoms with Gasteiger partial charge in [0, 0.05) is 35.0 Å². The van der Waals surface area contributed by atoms with Crippen LogP contribution >= 0.6 is 11.8 Å². The fourth-order valence-corrected chi connectivity index (χ4v) is 2.47. The zero-order chi connectivity index (χ0) is 13.7. The second-order valence-electron chi connectivity index (χ2n) is 4.04. The molecule has 0 aliphatic carbocycles. The molecule has 0 fully saturated rings. The molecule has 0 unspecified atom stereocenters. The van der Waals surface area contributed by atoms with Gasteiger partial charge in [0.25, 0.3) is 0 Å². The Kier molecular flexibility index (Phi) is 4.41. The largest absolute Gasteiger partial charge is 0.383 e. The van der Waals surface area contributed by atoms with Crippen LogP contribution in [0.3, 0.4) is 0 Å². The predicted molar refractivity (Wildman–Crippen MR) is 79.0 cm³/mol. The van der Waals surface area contributed by atoms with Crippen LogP contribution in [0.5, 0.6) is 0 Å². The normalized spacial score (nSPS) is 10.2. The highest BCUT2D eigenvalue weighted by Crippen LogP contribution is 2.25. The Balaban J connectivity index is 1.97. The number of rotatable bonds is 4. The number of nitrogens with one attached hydrogen (secondary N) is 1. The maximum Gasteiger partial charge on any atom is 0.221 e. The van der Waals surface area contributed by atoms with Gasteiger partial charge in [-0.05, 0) is 30.3 Å². The molecular formula is C14H15N3OS. The summed E-state index contributed by atoms with van der Waals surface area (Å²) in [7, 11) is 0. The first kappa shape index (κ1) is 13.4. The summed E-state index contributed by atoms with van der Waals surface area (Å²) in [6.45, 7) is 1.49. The average Bonchev–Trinajstić information content (AvgIpc) is 2.39. The fraction of sp³-hybridized carbons (Fsp3) is 0.143. The maximum atomic E-state index is 10.9. The highest BCUT2D eigenvalue weighted by Gasteiger charge is 2.01. The summed E-state index contributed by atoms with van der Waals surface area (Å²) in [5.41, 5.74) is 7.62. The molecule has 19 heavy (non-hydrogen) atoms. The lowest BCUT2D eigenvalue weighted by Crippen LogP contribution is -2.05. The zero-order valence-electron chi connectivity index (χ0n) is 10.6. The lowest BCUT2D eigenvalue weighted by molar-refractivity contribution is -0.114. The minimum Gasteiger partial charge on any atom is -0.383 e. The molecule has 98 valence electrons. The molecule has 4 nitrogen and oxygen atoms in total. The van der Waals surface area contributed by atoms with E-state index in [0.29, 0.717) is 5.82 Å². The number of aromatic nitrogens is 1. The Labute approximate surface area is 116 Å². The van der Waals surface area contributed by atoms with E-state index in [-0.39, 0.29) is 5.91 Å². The number of thioether (sulfide) groups is 1. The van der Waals surface area contributed by atoms with Crippen LogP contribution in [0.15, 0.2) is 47.5 Å². The third-order valence-corrected chi connectivity index (χ3v) is 3.56. The molecule has 1 aromatic heterocycles. The van der Waals surface area contributed by atoms with Gasteiger partial charge in [-0.15, -0.1) is 11.8 Å². The van der Waals surface area contributed by atoms with Crippen molar-refractivity contribution in [3.8, 4) is 0 Å². The van der Waals surface area contributed by atoms with Gasteiger partial charge in [-0.1, -0.05) is 6.07 Å². The van der Waals surface area contributed by atoms with E-state index in [4.69, 9.17) is 5.73 Å². The van der Waals surface area contributed by atoms with E-state index in [0.717, 1.165) is 21.9 Å². The van der Waals surface area contributed by atoms with Crippen LogP contribution in [0.1, 0.15) is 12.5 Å². The van der Waals surface area contributed by atoms with Crippen molar-refractivity contribution in [2.24, 2.45) is 0 Å². The van der Waals surface area contributed by atoms with Gasteiger partial charge in [0.1, 0.15) is 5.82 Å². The first-order valence-electron chi connectivity index (χ1n) is 5.85. The minimum atomic E-state index is -0.0662. The molecule has 5 heteroatoms. The highest BCUT2D eigenvalue weighted by atomic mass is 32.2. The molecule has 1 amide bonds. The van der Waals surface area contributed by atoms with Crippen molar-refractivity contribution in [3.05, 3.63) is 48.2 Å². The van der Waals surface area contributed by atoms with Gasteiger partial charge in [0.05, 0.1) is 0 Å². The van der Waals surface area contributed by atoms with Gasteiger partial charge < -0.3 is 11.1 Å². The highest BCUT2D eigenvalue weighted by molar-refractivity contribution is 7.98. The van der Waals surface area contributed by atoms with Crippen molar-refractivity contribution < 1.29 is 4.79 Å². The summed E-state index contributed by atoms with van der Waals surface area (Å²) in [4.78, 5) is 16.1. The molecule has 1 heterocycles. The van der Waals surface area contributed by atoms with Crippen molar-refractivity contribution in [1.82, 2.24) is 4.98 Å². The molecular weight excluding hydrogens is 258 g/mol. The van der Waals surface area contributed by atoms with Crippen molar-refractivity contribution in [3.63, 3.8) is 0 Å². The smallest absolute Gasteiger partial charge is 0.221 e. The van der Waals surface area contributed by atoms with E-state index in [1.807, 2.05) is 36.4 Å². The van der Waals surface area contributed by atoms with Gasteiger partial charge >= 0.3 is 0 Å². The number of anilines is 2. The fourth-order valence-electron chi connectivity index (χ4n) is 1.57. The Morgan fingerprint density at radius 1 is 1.32 bits per heavy atom. The Morgan fingerprint density at radius 3 is 2.68 bits per heavy atom. The van der Waals surface area contributed by atoms with Crippen LogP contribution in [0.4, 0.5) is 11.5 Å². The first-order chi connectivity index (χ1) is 9.15. The second kappa shape index (κ2) is 6.24. The number of amides is 1. The molecule has 3 N–H and O–H groups in total. The Hall–Kier alpha value is -2.01. The van der Waals surface area contributed by atoms with Crippen LogP contribution in [0.25, 0.3) is 0 Å². The minimum absolute atomic E-state index is 0.0662. The van der Waals surface area contributed by atoms with Gasteiger partial charge in [-0.25, -0.2) is 4.98 Å². The zero-order valence-corrected chi connectivity index (χ0v) is 11.4. The number of pyridine rings is 1. The first-order valence-corrected chi connectivity index (χ1v) is 6.83. The van der Waals surface area contributed by atoms with Gasteiger partial charge in [0.15, 0.2) is 0 Å². The molecule has 0 saturated carbocycles. The Morgan fingerprint density at radius 2 is 2.05 bits per heavy atom. The summed E-state index contributed by atoms with van der Waals surface area (Å²) in [5.74, 6) is 1.28. The van der Waals surface area contributed by atoms with Crippen LogP contribution in [-0.2, 0) is 10.5 Å². The topological polar surface area (TPSA) is 68.0 Å². The number of nitrogens with two attached hydrogens (primary N) is 1. The molecule has 0 saturated heterocycles. The second-order valence-corrected chi connectivity index (χ2v) is 5.09. The van der Waals surface area contributed by atoms with E-state index in [1.165, 1.54) is 6.92 Å². The van der Waals surface area contributed by atoms with Gasteiger partial charge in [-0.2, -0.15) is 0 Å². The number of carbonyl (C=O) groups excluding carboxylic acids is 1. The van der Waals surface area contributed by atoms with Crippen LogP contribution in [0, 0.1) is 0 Å². The molecule has 2 aromatic rings. The summed E-state index contributed by atoms with van der Waals surface area (Å²) >= 11 is 1.68. The van der Waals surface area contributed by atoms with Gasteiger partial charge in [0.2, 0.25) is 5.91 Å². The van der Waals surface area contributed by atoms with Crippen molar-refractivity contribution in [1.29, 1.82) is 0 Å². The number of nitrogens with zero attached hydrogens (tertiary/aromatic N) is 1. The monoisotopic (exact) mass is 273 g/mol. The van der Waals surface area contributed by atoms with Crippen LogP contribution in [0.2, 0.25) is 0 Å².